The quantitative estimate of drug-likeness (QED) is 0.717. The van der Waals surface area contributed by atoms with Crippen LogP contribution in [0.4, 0.5) is 0 Å². The van der Waals surface area contributed by atoms with Gasteiger partial charge < -0.3 is 9.88 Å². The van der Waals surface area contributed by atoms with Gasteiger partial charge in [-0.05, 0) is 29.7 Å². The van der Waals surface area contributed by atoms with Gasteiger partial charge in [-0.2, -0.15) is 0 Å². The fourth-order valence-corrected chi connectivity index (χ4v) is 2.72. The van der Waals surface area contributed by atoms with Gasteiger partial charge in [0.05, 0.1) is 17.4 Å². The zero-order chi connectivity index (χ0) is 16.8. The van der Waals surface area contributed by atoms with Crippen LogP contribution < -0.4 is 5.32 Å². The molecule has 1 N–H and O–H groups in total. The summed E-state index contributed by atoms with van der Waals surface area (Å²) in [7, 11) is 0. The second-order valence-corrected chi connectivity index (χ2v) is 6.06. The first-order chi connectivity index (χ1) is 11.8. The topological polar surface area (TPSA) is 46.9 Å². The SMILES string of the molecule is CCCCC(=O)NCc1ccc(Cn2cnc3ccccc32)cc1. The number of para-hydroxylation sites is 2. The van der Waals surface area contributed by atoms with E-state index in [1.165, 1.54) is 5.56 Å². The minimum absolute atomic E-state index is 0.130. The van der Waals surface area contributed by atoms with Crippen molar-refractivity contribution in [3.8, 4) is 0 Å². The van der Waals surface area contributed by atoms with Gasteiger partial charge >= 0.3 is 0 Å². The van der Waals surface area contributed by atoms with E-state index in [2.05, 4.69) is 52.1 Å². The number of fused-ring (bicyclic) bond motifs is 1. The van der Waals surface area contributed by atoms with E-state index in [4.69, 9.17) is 0 Å². The van der Waals surface area contributed by atoms with Gasteiger partial charge in [-0.25, -0.2) is 4.98 Å². The number of hydrogen-bond acceptors (Lipinski definition) is 2. The lowest BCUT2D eigenvalue weighted by Gasteiger charge is -2.08. The van der Waals surface area contributed by atoms with Crippen LogP contribution in [0, 0.1) is 0 Å². The van der Waals surface area contributed by atoms with Crippen LogP contribution in [-0.4, -0.2) is 15.5 Å². The van der Waals surface area contributed by atoms with Crippen LogP contribution in [0.5, 0.6) is 0 Å². The predicted octanol–water partition coefficient (Wildman–Crippen LogP) is 3.89. The summed E-state index contributed by atoms with van der Waals surface area (Å²) in [6.07, 6.45) is 4.49. The Morgan fingerprint density at radius 3 is 2.62 bits per heavy atom. The van der Waals surface area contributed by atoms with E-state index in [-0.39, 0.29) is 5.91 Å². The van der Waals surface area contributed by atoms with Gasteiger partial charge in [-0.1, -0.05) is 49.7 Å². The molecule has 0 unspecified atom stereocenters. The maximum atomic E-state index is 11.7. The zero-order valence-corrected chi connectivity index (χ0v) is 14.0. The van der Waals surface area contributed by atoms with Gasteiger partial charge in [0.1, 0.15) is 0 Å². The van der Waals surface area contributed by atoms with E-state index in [1.807, 2.05) is 24.5 Å². The van der Waals surface area contributed by atoms with Gasteiger partial charge in [-0.3, -0.25) is 4.79 Å². The third-order valence-electron chi connectivity index (χ3n) is 4.15. The number of hydrogen-bond donors (Lipinski definition) is 1. The van der Waals surface area contributed by atoms with Gasteiger partial charge in [0.15, 0.2) is 0 Å². The Morgan fingerprint density at radius 2 is 1.83 bits per heavy atom. The molecule has 4 nitrogen and oxygen atoms in total. The molecule has 0 atom stereocenters. The fraction of sp³-hybridized carbons (Fsp3) is 0.300. The number of imidazole rings is 1. The molecule has 2 aromatic carbocycles. The van der Waals surface area contributed by atoms with E-state index in [1.54, 1.807) is 0 Å². The van der Waals surface area contributed by atoms with Gasteiger partial charge in [0, 0.05) is 19.5 Å². The highest BCUT2D eigenvalue weighted by molar-refractivity contribution is 5.76. The van der Waals surface area contributed by atoms with Crippen molar-refractivity contribution in [3.05, 3.63) is 66.0 Å². The number of unbranched alkanes of at least 4 members (excludes halogenated alkanes) is 1. The third-order valence-corrected chi connectivity index (χ3v) is 4.15. The monoisotopic (exact) mass is 321 g/mol. The molecule has 1 amide bonds. The number of carbonyl (C=O) groups is 1. The Hall–Kier alpha value is -2.62. The fourth-order valence-electron chi connectivity index (χ4n) is 2.72. The molecule has 4 heteroatoms. The highest BCUT2D eigenvalue weighted by atomic mass is 16.1. The lowest BCUT2D eigenvalue weighted by Crippen LogP contribution is -2.22. The Morgan fingerprint density at radius 1 is 1.08 bits per heavy atom. The summed E-state index contributed by atoms with van der Waals surface area (Å²) in [5.41, 5.74) is 4.51. The van der Waals surface area contributed by atoms with Crippen LogP contribution in [0.15, 0.2) is 54.9 Å². The molecule has 0 aliphatic heterocycles. The highest BCUT2D eigenvalue weighted by Gasteiger charge is 2.03. The lowest BCUT2D eigenvalue weighted by atomic mass is 10.1. The van der Waals surface area contributed by atoms with E-state index >= 15 is 0 Å². The van der Waals surface area contributed by atoms with E-state index in [9.17, 15) is 4.79 Å². The van der Waals surface area contributed by atoms with Crippen molar-refractivity contribution < 1.29 is 4.79 Å². The summed E-state index contributed by atoms with van der Waals surface area (Å²) in [6.45, 7) is 3.48. The number of carbonyl (C=O) groups excluding carboxylic acids is 1. The Balaban J connectivity index is 1.59. The second-order valence-electron chi connectivity index (χ2n) is 6.06. The van der Waals surface area contributed by atoms with Crippen molar-refractivity contribution in [2.75, 3.05) is 0 Å². The Kier molecular flexibility index (Phi) is 5.26. The maximum Gasteiger partial charge on any atom is 0.220 e. The van der Waals surface area contributed by atoms with Crippen LogP contribution in [0.1, 0.15) is 37.3 Å². The molecule has 0 aliphatic rings. The van der Waals surface area contributed by atoms with E-state index in [0.717, 1.165) is 36.0 Å². The minimum Gasteiger partial charge on any atom is -0.352 e. The summed E-state index contributed by atoms with van der Waals surface area (Å²) < 4.78 is 2.15. The van der Waals surface area contributed by atoms with Crippen LogP contribution in [-0.2, 0) is 17.9 Å². The van der Waals surface area contributed by atoms with Crippen molar-refractivity contribution in [2.45, 2.75) is 39.3 Å². The van der Waals surface area contributed by atoms with Crippen molar-refractivity contribution >= 4 is 16.9 Å². The number of nitrogens with zero attached hydrogens (tertiary/aromatic N) is 2. The lowest BCUT2D eigenvalue weighted by molar-refractivity contribution is -0.121. The van der Waals surface area contributed by atoms with Crippen molar-refractivity contribution in [2.24, 2.45) is 0 Å². The Bertz CT molecular complexity index is 805. The molecule has 1 aromatic heterocycles. The zero-order valence-electron chi connectivity index (χ0n) is 14.0. The molecule has 1 heterocycles. The number of rotatable bonds is 7. The number of amides is 1. The minimum atomic E-state index is 0.130. The summed E-state index contributed by atoms with van der Waals surface area (Å²) in [6, 6.07) is 16.5. The molecule has 0 aliphatic carbocycles. The molecule has 3 aromatic rings. The average molecular weight is 321 g/mol. The molecule has 0 spiro atoms. The number of nitrogens with one attached hydrogen (secondary N) is 1. The highest BCUT2D eigenvalue weighted by Crippen LogP contribution is 2.14. The number of benzene rings is 2. The standard InChI is InChI=1S/C20H23N3O/c1-2-3-8-20(24)21-13-16-9-11-17(12-10-16)14-23-15-22-18-6-4-5-7-19(18)23/h4-7,9-12,15H,2-3,8,13-14H2,1H3,(H,21,24). The third kappa shape index (κ3) is 4.02. The summed E-state index contributed by atoms with van der Waals surface area (Å²) in [5, 5.41) is 2.97. The molecule has 0 bridgehead atoms. The molecular formula is C20H23N3O. The summed E-state index contributed by atoms with van der Waals surface area (Å²) >= 11 is 0. The van der Waals surface area contributed by atoms with Crippen LogP contribution in [0.25, 0.3) is 11.0 Å². The molecule has 3 rings (SSSR count). The molecule has 124 valence electrons. The molecule has 0 fully saturated rings. The van der Waals surface area contributed by atoms with Crippen molar-refractivity contribution in [3.63, 3.8) is 0 Å². The maximum absolute atomic E-state index is 11.7. The first-order valence-electron chi connectivity index (χ1n) is 8.50. The Labute approximate surface area is 142 Å². The predicted molar refractivity (Wildman–Crippen MR) is 96.6 cm³/mol. The smallest absolute Gasteiger partial charge is 0.220 e. The summed E-state index contributed by atoms with van der Waals surface area (Å²) in [4.78, 5) is 16.1. The number of aromatic nitrogens is 2. The van der Waals surface area contributed by atoms with Crippen LogP contribution >= 0.6 is 0 Å². The first kappa shape index (κ1) is 16.2. The first-order valence-corrected chi connectivity index (χ1v) is 8.50. The molecule has 24 heavy (non-hydrogen) atoms. The average Bonchev–Trinajstić information content (AvgIpc) is 3.02. The molecular weight excluding hydrogens is 298 g/mol. The normalized spacial score (nSPS) is 10.9. The van der Waals surface area contributed by atoms with Gasteiger partial charge in [0.25, 0.3) is 0 Å². The van der Waals surface area contributed by atoms with Crippen LogP contribution in [0.2, 0.25) is 0 Å². The second kappa shape index (κ2) is 7.77. The van der Waals surface area contributed by atoms with Crippen LogP contribution in [0.3, 0.4) is 0 Å². The largest absolute Gasteiger partial charge is 0.352 e. The van der Waals surface area contributed by atoms with Gasteiger partial charge in [0.2, 0.25) is 5.91 Å². The molecule has 0 radical (unpaired) electrons. The summed E-state index contributed by atoms with van der Waals surface area (Å²) in [5.74, 6) is 0.130. The van der Waals surface area contributed by atoms with E-state index in [0.29, 0.717) is 13.0 Å². The van der Waals surface area contributed by atoms with Gasteiger partial charge in [-0.15, -0.1) is 0 Å². The van der Waals surface area contributed by atoms with E-state index < -0.39 is 0 Å². The molecule has 0 saturated heterocycles. The van der Waals surface area contributed by atoms with Crippen molar-refractivity contribution in [1.82, 2.24) is 14.9 Å². The van der Waals surface area contributed by atoms with Crippen molar-refractivity contribution in [1.29, 1.82) is 0 Å². The molecule has 0 saturated carbocycles.